The highest BCUT2D eigenvalue weighted by molar-refractivity contribution is 7.98. The van der Waals surface area contributed by atoms with Crippen LogP contribution in [0.1, 0.15) is 85.5 Å². The van der Waals surface area contributed by atoms with E-state index in [1.807, 2.05) is 6.26 Å². The molecule has 0 fully saturated rings. The van der Waals surface area contributed by atoms with Gasteiger partial charge in [-0.15, -0.1) is 0 Å². The SMILES string of the molecule is CSCCC(N)C(=O)NC(CC(=O)O)C(=O)NC(CCCCN)C(=O)NC(C(=O)NC(CC(C)C)C(=O)NC(CC(N)=O)C(=O)NC(CCCN=C(N)N)C(=O)O)C(C)C. The van der Waals surface area contributed by atoms with E-state index >= 15 is 0 Å². The molecule has 0 aliphatic rings. The molecule has 23 nitrogen and oxygen atoms in total. The summed E-state index contributed by atoms with van der Waals surface area (Å²) in [5.74, 6) is -9.66. The number of thioether (sulfide) groups is 1. The summed E-state index contributed by atoms with van der Waals surface area (Å²) in [6.07, 6.45) is 1.41. The van der Waals surface area contributed by atoms with Crippen LogP contribution in [0.4, 0.5) is 0 Å². The number of guanidine groups is 1. The smallest absolute Gasteiger partial charge is 0.326 e. The maximum atomic E-state index is 13.8. The molecule has 0 aromatic rings. The van der Waals surface area contributed by atoms with Gasteiger partial charge in [0.25, 0.3) is 0 Å². The minimum atomic E-state index is -1.64. The highest BCUT2D eigenvalue weighted by Gasteiger charge is 2.35. The lowest BCUT2D eigenvalue weighted by Crippen LogP contribution is -2.61. The number of primary amides is 1. The van der Waals surface area contributed by atoms with Crippen molar-refractivity contribution < 1.29 is 53.4 Å². The fourth-order valence-corrected chi connectivity index (χ4v) is 6.03. The van der Waals surface area contributed by atoms with E-state index in [-0.39, 0.29) is 57.1 Å². The second kappa shape index (κ2) is 29.1. The Morgan fingerprint density at radius 1 is 0.617 bits per heavy atom. The van der Waals surface area contributed by atoms with Gasteiger partial charge in [0, 0.05) is 6.54 Å². The summed E-state index contributed by atoms with van der Waals surface area (Å²) in [6, 6.07) is -9.66. The number of carboxylic acid groups (broad SMARTS) is 2. The minimum absolute atomic E-state index is 0.0131. The molecule has 7 atom stereocenters. The number of aliphatic carboxylic acids is 2. The second-order valence-corrected chi connectivity index (χ2v) is 15.9. The lowest BCUT2D eigenvalue weighted by atomic mass is 9.98. The van der Waals surface area contributed by atoms with E-state index < -0.39 is 114 Å². The van der Waals surface area contributed by atoms with E-state index in [2.05, 4.69) is 36.9 Å². The zero-order valence-electron chi connectivity index (χ0n) is 35.0. The van der Waals surface area contributed by atoms with Crippen LogP contribution in [0.25, 0.3) is 0 Å². The number of amides is 7. The molecular weight excluding hydrogens is 809 g/mol. The first-order chi connectivity index (χ1) is 28.0. The van der Waals surface area contributed by atoms with E-state index in [9.17, 15) is 53.4 Å². The Bertz CT molecular complexity index is 1500. The summed E-state index contributed by atoms with van der Waals surface area (Å²) in [5, 5.41) is 33.8. The van der Waals surface area contributed by atoms with E-state index in [1.165, 1.54) is 11.8 Å². The van der Waals surface area contributed by atoms with Gasteiger partial charge in [-0.3, -0.25) is 43.3 Å². The number of rotatable bonds is 31. The molecule has 342 valence electrons. The van der Waals surface area contributed by atoms with Crippen molar-refractivity contribution in [2.75, 3.05) is 25.1 Å². The number of aliphatic imine (C=N–C) groups is 1. The van der Waals surface area contributed by atoms with Gasteiger partial charge in [0.15, 0.2) is 5.96 Å². The third-order valence-electron chi connectivity index (χ3n) is 8.75. The normalized spacial score (nSPS) is 14.6. The molecule has 7 amide bonds. The number of hydrogen-bond donors (Lipinski definition) is 13. The van der Waals surface area contributed by atoms with Crippen LogP contribution in [0.15, 0.2) is 4.99 Å². The van der Waals surface area contributed by atoms with Gasteiger partial charge in [-0.2, -0.15) is 11.8 Å². The van der Waals surface area contributed by atoms with Gasteiger partial charge in [0.2, 0.25) is 41.4 Å². The first kappa shape index (κ1) is 54.8. The molecule has 0 heterocycles. The fourth-order valence-electron chi connectivity index (χ4n) is 5.54. The van der Waals surface area contributed by atoms with Crippen LogP contribution in [-0.2, 0) is 43.2 Å². The summed E-state index contributed by atoms with van der Waals surface area (Å²) >= 11 is 1.44. The highest BCUT2D eigenvalue weighted by atomic mass is 32.2. The molecule has 0 aromatic carbocycles. The molecule has 60 heavy (non-hydrogen) atoms. The molecular formula is C36H66N12O11S. The van der Waals surface area contributed by atoms with Crippen LogP contribution >= 0.6 is 11.8 Å². The minimum Gasteiger partial charge on any atom is -0.481 e. The van der Waals surface area contributed by atoms with Crippen molar-refractivity contribution in [2.24, 2.45) is 45.5 Å². The van der Waals surface area contributed by atoms with Gasteiger partial charge in [-0.05, 0) is 75.3 Å². The maximum Gasteiger partial charge on any atom is 0.326 e. The Morgan fingerprint density at radius 3 is 1.62 bits per heavy atom. The van der Waals surface area contributed by atoms with Crippen molar-refractivity contribution in [1.29, 1.82) is 0 Å². The van der Waals surface area contributed by atoms with Crippen LogP contribution in [0.3, 0.4) is 0 Å². The monoisotopic (exact) mass is 874 g/mol. The van der Waals surface area contributed by atoms with Crippen molar-refractivity contribution >= 4 is 71.0 Å². The van der Waals surface area contributed by atoms with Crippen LogP contribution in [0.5, 0.6) is 0 Å². The number of nitrogens with one attached hydrogen (secondary N) is 6. The Kier molecular flexibility index (Phi) is 26.5. The van der Waals surface area contributed by atoms with E-state index in [1.54, 1.807) is 27.7 Å². The molecule has 0 spiro atoms. The largest absolute Gasteiger partial charge is 0.481 e. The molecule has 18 N–H and O–H groups in total. The third kappa shape index (κ3) is 22.8. The summed E-state index contributed by atoms with van der Waals surface area (Å²) in [5.41, 5.74) is 27.4. The Balaban J connectivity index is 6.29. The lowest BCUT2D eigenvalue weighted by molar-refractivity contribution is -0.142. The number of nitrogens with zero attached hydrogens (tertiary/aromatic N) is 1. The molecule has 0 aliphatic carbocycles. The fraction of sp³-hybridized carbons (Fsp3) is 0.722. The van der Waals surface area contributed by atoms with Gasteiger partial charge in [-0.25, -0.2) is 4.79 Å². The van der Waals surface area contributed by atoms with Gasteiger partial charge >= 0.3 is 11.9 Å². The highest BCUT2D eigenvalue weighted by Crippen LogP contribution is 2.11. The molecule has 0 bridgehead atoms. The van der Waals surface area contributed by atoms with Crippen LogP contribution in [-0.4, -0.2) is 137 Å². The number of hydrogen-bond acceptors (Lipinski definition) is 13. The second-order valence-electron chi connectivity index (χ2n) is 14.9. The molecule has 0 aromatic heterocycles. The first-order valence-corrected chi connectivity index (χ1v) is 21.0. The predicted octanol–water partition coefficient (Wildman–Crippen LogP) is -3.71. The summed E-state index contributed by atoms with van der Waals surface area (Å²) in [6.45, 7) is 7.02. The molecule has 0 radical (unpaired) electrons. The standard InChI is InChI=1S/C36H66N12O11S/c1-18(2)15-23(31(54)46-24(16-26(39)49)32(55)44-22(35(58)59)10-8-13-42-36(40)41)47-34(57)28(19(3)4)48-30(53)21(9-6-7-12-37)43-33(56)25(17-27(50)51)45-29(52)20(38)11-14-60-5/h18-25,28H,6-17,37-38H2,1-5H3,(H2,39,49)(H,43,56)(H,44,55)(H,45,52)(H,46,54)(H,47,57)(H,48,53)(H,50,51)(H,58,59)(H4,40,41,42). The Labute approximate surface area is 354 Å². The van der Waals surface area contributed by atoms with Crippen LogP contribution < -0.4 is 60.6 Å². The van der Waals surface area contributed by atoms with Gasteiger partial charge in [0.1, 0.15) is 36.3 Å². The van der Waals surface area contributed by atoms with Crippen molar-refractivity contribution in [3.8, 4) is 0 Å². The van der Waals surface area contributed by atoms with Crippen LogP contribution in [0, 0.1) is 11.8 Å². The quantitative estimate of drug-likeness (QED) is 0.0181. The number of carboxylic acids is 2. The Morgan fingerprint density at radius 2 is 1.12 bits per heavy atom. The maximum absolute atomic E-state index is 13.8. The molecule has 0 rings (SSSR count). The number of carbonyl (C=O) groups is 9. The first-order valence-electron chi connectivity index (χ1n) is 19.6. The average Bonchev–Trinajstić information content (AvgIpc) is 3.14. The number of unbranched alkanes of at least 4 members (excludes halogenated alkanes) is 1. The number of carbonyl (C=O) groups excluding carboxylic acids is 7. The lowest BCUT2D eigenvalue weighted by Gasteiger charge is -2.29. The van der Waals surface area contributed by atoms with Gasteiger partial charge < -0.3 is 70.8 Å². The average molecular weight is 875 g/mol. The number of nitrogens with two attached hydrogens (primary N) is 5. The molecule has 0 aliphatic heterocycles. The van der Waals surface area contributed by atoms with Crippen molar-refractivity contribution in [3.63, 3.8) is 0 Å². The summed E-state index contributed by atoms with van der Waals surface area (Å²) in [4.78, 5) is 120. The predicted molar refractivity (Wildman–Crippen MR) is 223 cm³/mol. The van der Waals surface area contributed by atoms with Crippen molar-refractivity contribution in [1.82, 2.24) is 31.9 Å². The molecule has 0 saturated carbocycles. The molecule has 7 unspecified atom stereocenters. The van der Waals surface area contributed by atoms with E-state index in [4.69, 9.17) is 28.7 Å². The van der Waals surface area contributed by atoms with E-state index in [0.29, 0.717) is 18.6 Å². The molecule has 24 heteroatoms. The summed E-state index contributed by atoms with van der Waals surface area (Å²) in [7, 11) is 0. The zero-order chi connectivity index (χ0) is 46.1. The zero-order valence-corrected chi connectivity index (χ0v) is 35.8. The topological polar surface area (TPSA) is 409 Å². The van der Waals surface area contributed by atoms with Gasteiger partial charge in [0.05, 0.1) is 18.9 Å². The van der Waals surface area contributed by atoms with Gasteiger partial charge in [-0.1, -0.05) is 27.7 Å². The molecule has 0 saturated heterocycles. The third-order valence-corrected chi connectivity index (χ3v) is 9.39. The van der Waals surface area contributed by atoms with Crippen molar-refractivity contribution in [2.45, 2.75) is 128 Å². The Hall–Kier alpha value is -5.23. The van der Waals surface area contributed by atoms with E-state index in [0.717, 1.165) is 0 Å². The van der Waals surface area contributed by atoms with Crippen LogP contribution in [0.2, 0.25) is 0 Å². The van der Waals surface area contributed by atoms with Crippen molar-refractivity contribution in [3.05, 3.63) is 0 Å². The summed E-state index contributed by atoms with van der Waals surface area (Å²) < 4.78 is 0.